The van der Waals surface area contributed by atoms with Gasteiger partial charge < -0.3 is 20.9 Å². The Bertz CT molecular complexity index is 642. The van der Waals surface area contributed by atoms with E-state index in [2.05, 4.69) is 20.2 Å². The molecule has 1 saturated heterocycles. The Kier molecular flexibility index (Phi) is 3.22. The maximum Gasteiger partial charge on any atom is 0.253 e. The molecule has 0 saturated carbocycles. The van der Waals surface area contributed by atoms with Gasteiger partial charge in [-0.1, -0.05) is 0 Å². The van der Waals surface area contributed by atoms with Crippen LogP contribution >= 0.6 is 0 Å². The Labute approximate surface area is 117 Å². The van der Waals surface area contributed by atoms with E-state index in [0.717, 1.165) is 29.8 Å². The summed E-state index contributed by atoms with van der Waals surface area (Å²) in [5.74, 6) is 1.30. The molecule has 1 aliphatic heterocycles. The van der Waals surface area contributed by atoms with Crippen molar-refractivity contribution in [3.63, 3.8) is 0 Å². The number of nitrogens with two attached hydrogens (primary N) is 1. The molecule has 106 valence electrons. The Balaban J connectivity index is 2.08. The van der Waals surface area contributed by atoms with Gasteiger partial charge in [-0.3, -0.25) is 4.79 Å². The van der Waals surface area contributed by atoms with Gasteiger partial charge in [0, 0.05) is 31.7 Å². The zero-order valence-electron chi connectivity index (χ0n) is 11.6. The molecule has 0 aromatic carbocycles. The minimum Gasteiger partial charge on any atom is -0.382 e. The van der Waals surface area contributed by atoms with E-state index in [9.17, 15) is 4.79 Å². The summed E-state index contributed by atoms with van der Waals surface area (Å²) in [7, 11) is 1.61. The third kappa shape index (κ3) is 2.07. The van der Waals surface area contributed by atoms with Crippen molar-refractivity contribution < 1.29 is 4.79 Å². The monoisotopic (exact) mass is 273 g/mol. The van der Waals surface area contributed by atoms with Gasteiger partial charge >= 0.3 is 0 Å². The van der Waals surface area contributed by atoms with Crippen LogP contribution < -0.4 is 16.0 Å². The minimum atomic E-state index is -0.147. The summed E-state index contributed by atoms with van der Waals surface area (Å²) < 4.78 is 0. The molecule has 1 amide bonds. The predicted molar refractivity (Wildman–Crippen MR) is 80.0 cm³/mol. The van der Waals surface area contributed by atoms with Gasteiger partial charge in [-0.2, -0.15) is 0 Å². The van der Waals surface area contributed by atoms with E-state index < -0.39 is 0 Å². The molecule has 20 heavy (non-hydrogen) atoms. The number of nitrogens with zero attached hydrogens (tertiary/aromatic N) is 2. The first-order valence-electron chi connectivity index (χ1n) is 6.95. The molecule has 0 unspecified atom stereocenters. The molecule has 0 radical (unpaired) electrons. The average Bonchev–Trinajstić information content (AvgIpc) is 2.94. The Morgan fingerprint density at radius 2 is 2.15 bits per heavy atom. The molecule has 2 aromatic heterocycles. The lowest BCUT2D eigenvalue weighted by atomic mass is 10.1. The van der Waals surface area contributed by atoms with Gasteiger partial charge in [0.15, 0.2) is 0 Å². The zero-order chi connectivity index (χ0) is 14.1. The highest BCUT2D eigenvalue weighted by Gasteiger charge is 2.18. The Morgan fingerprint density at radius 1 is 1.40 bits per heavy atom. The van der Waals surface area contributed by atoms with Gasteiger partial charge in [-0.15, -0.1) is 0 Å². The van der Waals surface area contributed by atoms with Gasteiger partial charge in [0.2, 0.25) is 0 Å². The van der Waals surface area contributed by atoms with Crippen LogP contribution in [0.15, 0.2) is 12.3 Å². The molecular weight excluding hydrogens is 254 g/mol. The summed E-state index contributed by atoms with van der Waals surface area (Å²) >= 11 is 0. The van der Waals surface area contributed by atoms with Crippen LogP contribution in [-0.4, -0.2) is 36.0 Å². The number of pyridine rings is 1. The van der Waals surface area contributed by atoms with Crippen LogP contribution in [0.5, 0.6) is 0 Å². The lowest BCUT2D eigenvalue weighted by Gasteiger charge is -2.27. The lowest BCUT2D eigenvalue weighted by molar-refractivity contribution is 0.0964. The number of piperidine rings is 1. The molecule has 0 atom stereocenters. The number of aromatic nitrogens is 2. The number of hydrogen-bond acceptors (Lipinski definition) is 4. The van der Waals surface area contributed by atoms with Crippen molar-refractivity contribution in [1.29, 1.82) is 0 Å². The number of carbonyl (C=O) groups is 1. The van der Waals surface area contributed by atoms with Crippen molar-refractivity contribution >= 4 is 28.4 Å². The van der Waals surface area contributed by atoms with E-state index >= 15 is 0 Å². The SMILES string of the molecule is CNC(=O)c1cnc(N)c2[nH]c(N3CCCCC3)cc12. The third-order valence-electron chi connectivity index (χ3n) is 3.85. The number of nitrogen functional groups attached to an aromatic ring is 1. The first kappa shape index (κ1) is 12.8. The summed E-state index contributed by atoms with van der Waals surface area (Å²) in [5.41, 5.74) is 7.21. The van der Waals surface area contributed by atoms with Crippen LogP contribution in [0.1, 0.15) is 29.6 Å². The maximum absolute atomic E-state index is 11.9. The van der Waals surface area contributed by atoms with E-state index in [1.165, 1.54) is 25.5 Å². The quantitative estimate of drug-likeness (QED) is 0.773. The molecule has 1 fully saturated rings. The molecule has 4 N–H and O–H groups in total. The molecule has 3 rings (SSSR count). The highest BCUT2D eigenvalue weighted by atomic mass is 16.1. The van der Waals surface area contributed by atoms with Crippen LogP contribution in [0.3, 0.4) is 0 Å². The highest BCUT2D eigenvalue weighted by Crippen LogP contribution is 2.29. The summed E-state index contributed by atoms with van der Waals surface area (Å²) in [6.45, 7) is 2.07. The van der Waals surface area contributed by atoms with Gasteiger partial charge in [0.25, 0.3) is 5.91 Å². The van der Waals surface area contributed by atoms with E-state index in [-0.39, 0.29) is 5.91 Å². The molecule has 0 bridgehead atoms. The second kappa shape index (κ2) is 5.03. The van der Waals surface area contributed by atoms with E-state index in [0.29, 0.717) is 11.4 Å². The van der Waals surface area contributed by atoms with E-state index in [4.69, 9.17) is 5.73 Å². The van der Waals surface area contributed by atoms with Gasteiger partial charge in [-0.05, 0) is 25.3 Å². The van der Waals surface area contributed by atoms with Crippen LogP contribution in [0.25, 0.3) is 10.9 Å². The molecule has 6 heteroatoms. The Morgan fingerprint density at radius 3 is 2.85 bits per heavy atom. The van der Waals surface area contributed by atoms with Gasteiger partial charge in [0.05, 0.1) is 11.1 Å². The molecule has 0 spiro atoms. The molecule has 0 aliphatic carbocycles. The molecule has 6 nitrogen and oxygen atoms in total. The lowest BCUT2D eigenvalue weighted by Crippen LogP contribution is -2.29. The predicted octanol–water partition coefficient (Wildman–Crippen LogP) is 1.49. The number of nitrogens with one attached hydrogen (secondary N) is 2. The summed E-state index contributed by atoms with van der Waals surface area (Å²) in [6.07, 6.45) is 5.21. The van der Waals surface area contributed by atoms with Crippen LogP contribution in [-0.2, 0) is 0 Å². The van der Waals surface area contributed by atoms with Crippen molar-refractivity contribution in [2.75, 3.05) is 30.8 Å². The van der Waals surface area contributed by atoms with Crippen LogP contribution in [0, 0.1) is 0 Å². The fraction of sp³-hybridized carbons (Fsp3) is 0.429. The van der Waals surface area contributed by atoms with Crippen molar-refractivity contribution in [2.45, 2.75) is 19.3 Å². The third-order valence-corrected chi connectivity index (χ3v) is 3.85. The molecule has 2 aromatic rings. The summed E-state index contributed by atoms with van der Waals surface area (Å²) in [5, 5.41) is 3.47. The van der Waals surface area contributed by atoms with E-state index in [1.54, 1.807) is 7.05 Å². The average molecular weight is 273 g/mol. The first-order valence-corrected chi connectivity index (χ1v) is 6.95. The number of hydrogen-bond donors (Lipinski definition) is 3. The topological polar surface area (TPSA) is 87.0 Å². The highest BCUT2D eigenvalue weighted by molar-refractivity contribution is 6.09. The zero-order valence-corrected chi connectivity index (χ0v) is 11.6. The molecular formula is C14H19N5O. The number of aromatic amines is 1. The maximum atomic E-state index is 11.9. The van der Waals surface area contributed by atoms with Crippen molar-refractivity contribution in [1.82, 2.24) is 15.3 Å². The van der Waals surface area contributed by atoms with Crippen molar-refractivity contribution in [2.24, 2.45) is 0 Å². The molecule has 3 heterocycles. The minimum absolute atomic E-state index is 0.147. The number of H-pyrrole nitrogens is 1. The fourth-order valence-corrected chi connectivity index (χ4v) is 2.74. The van der Waals surface area contributed by atoms with Crippen LogP contribution in [0.2, 0.25) is 0 Å². The van der Waals surface area contributed by atoms with E-state index in [1.807, 2.05) is 6.07 Å². The standard InChI is InChI=1S/C14H19N5O/c1-16-14(20)10-8-17-13(15)12-9(10)7-11(18-12)19-5-3-2-4-6-19/h7-8,18H,2-6H2,1H3,(H2,15,17)(H,16,20). The number of carbonyl (C=O) groups excluding carboxylic acids is 1. The van der Waals surface area contributed by atoms with Crippen molar-refractivity contribution in [3.8, 4) is 0 Å². The largest absolute Gasteiger partial charge is 0.382 e. The van der Waals surface area contributed by atoms with Crippen molar-refractivity contribution in [3.05, 3.63) is 17.8 Å². The number of rotatable bonds is 2. The smallest absolute Gasteiger partial charge is 0.253 e. The van der Waals surface area contributed by atoms with Gasteiger partial charge in [-0.25, -0.2) is 4.98 Å². The number of anilines is 2. The van der Waals surface area contributed by atoms with Gasteiger partial charge in [0.1, 0.15) is 11.6 Å². The number of amides is 1. The second-order valence-electron chi connectivity index (χ2n) is 5.13. The second-order valence-corrected chi connectivity index (χ2v) is 5.13. The molecule has 1 aliphatic rings. The first-order chi connectivity index (χ1) is 9.70. The normalized spacial score (nSPS) is 15.6. The number of fused-ring (bicyclic) bond motifs is 1. The summed E-state index contributed by atoms with van der Waals surface area (Å²) in [6, 6.07) is 2.00. The van der Waals surface area contributed by atoms with Crippen LogP contribution in [0.4, 0.5) is 11.6 Å². The summed E-state index contributed by atoms with van der Waals surface area (Å²) in [4.78, 5) is 21.6. The Hall–Kier alpha value is -2.24. The fourth-order valence-electron chi connectivity index (χ4n) is 2.74.